The predicted octanol–water partition coefficient (Wildman–Crippen LogP) is 4.67. The van der Waals surface area contributed by atoms with Gasteiger partial charge in [-0.3, -0.25) is 14.9 Å². The SMILES string of the molecule is COc1cc([N+](=O)[O-])ccc1-c1ccc(/C=C2/C(=O)N(c3ccccc3)N=C2C)o1. The van der Waals surface area contributed by atoms with Crippen LogP contribution in [0, 0.1) is 10.1 Å². The van der Waals surface area contributed by atoms with Gasteiger partial charge in [-0.1, -0.05) is 18.2 Å². The van der Waals surface area contributed by atoms with E-state index < -0.39 is 4.92 Å². The molecule has 1 amide bonds. The third-order valence-electron chi connectivity index (χ3n) is 4.64. The largest absolute Gasteiger partial charge is 0.496 e. The summed E-state index contributed by atoms with van der Waals surface area (Å²) in [6.07, 6.45) is 1.63. The number of non-ortho nitro benzene ring substituents is 1. The predicted molar refractivity (Wildman–Crippen MR) is 112 cm³/mol. The molecule has 2 aromatic carbocycles. The Labute approximate surface area is 171 Å². The highest BCUT2D eigenvalue weighted by atomic mass is 16.6. The first kappa shape index (κ1) is 19.1. The van der Waals surface area contributed by atoms with E-state index in [9.17, 15) is 14.9 Å². The van der Waals surface area contributed by atoms with E-state index in [4.69, 9.17) is 9.15 Å². The van der Waals surface area contributed by atoms with Crippen LogP contribution in [0.4, 0.5) is 11.4 Å². The molecule has 0 radical (unpaired) electrons. The van der Waals surface area contributed by atoms with Crippen molar-refractivity contribution in [3.05, 3.63) is 82.1 Å². The number of amides is 1. The van der Waals surface area contributed by atoms with E-state index in [1.807, 2.05) is 30.3 Å². The fourth-order valence-corrected chi connectivity index (χ4v) is 3.14. The number of furan rings is 1. The molecule has 1 aliphatic heterocycles. The Balaban J connectivity index is 1.64. The summed E-state index contributed by atoms with van der Waals surface area (Å²) in [5, 5.41) is 16.7. The number of carbonyl (C=O) groups is 1. The number of methoxy groups -OCH3 is 1. The van der Waals surface area contributed by atoms with Crippen molar-refractivity contribution in [1.82, 2.24) is 0 Å². The van der Waals surface area contributed by atoms with Crippen LogP contribution in [-0.2, 0) is 4.79 Å². The molecule has 1 aliphatic rings. The summed E-state index contributed by atoms with van der Waals surface area (Å²) in [5.41, 5.74) is 2.18. The standard InChI is InChI=1S/C22H17N3O5/c1-14-19(22(26)24(23-14)15-6-4-3-5-7-15)13-17-9-11-20(30-17)18-10-8-16(25(27)28)12-21(18)29-2/h3-13H,1-2H3/b19-13+. The molecule has 8 heteroatoms. The van der Waals surface area contributed by atoms with Gasteiger partial charge in [-0.2, -0.15) is 10.1 Å². The van der Waals surface area contributed by atoms with Gasteiger partial charge >= 0.3 is 0 Å². The highest BCUT2D eigenvalue weighted by Crippen LogP contribution is 2.35. The van der Waals surface area contributed by atoms with Crippen LogP contribution in [0.2, 0.25) is 0 Å². The molecule has 3 aromatic rings. The molecule has 150 valence electrons. The molecule has 8 nitrogen and oxygen atoms in total. The molecule has 0 N–H and O–H groups in total. The van der Waals surface area contributed by atoms with E-state index in [1.165, 1.54) is 24.3 Å². The van der Waals surface area contributed by atoms with Crippen LogP contribution in [-0.4, -0.2) is 23.7 Å². The number of anilines is 1. The van der Waals surface area contributed by atoms with Crippen molar-refractivity contribution >= 4 is 29.1 Å². The molecular formula is C22H17N3O5. The monoisotopic (exact) mass is 403 g/mol. The van der Waals surface area contributed by atoms with Gasteiger partial charge < -0.3 is 9.15 Å². The first-order valence-corrected chi connectivity index (χ1v) is 9.07. The molecule has 0 bridgehead atoms. The van der Waals surface area contributed by atoms with Gasteiger partial charge in [0.1, 0.15) is 17.3 Å². The number of nitro benzene ring substituents is 1. The van der Waals surface area contributed by atoms with Crippen molar-refractivity contribution in [2.75, 3.05) is 12.1 Å². The van der Waals surface area contributed by atoms with Crippen molar-refractivity contribution in [1.29, 1.82) is 0 Å². The topological polar surface area (TPSA) is 98.2 Å². The maximum absolute atomic E-state index is 12.8. The van der Waals surface area contributed by atoms with Gasteiger partial charge in [-0.05, 0) is 43.3 Å². The quantitative estimate of drug-likeness (QED) is 0.350. The number of hydrazone groups is 1. The second-order valence-electron chi connectivity index (χ2n) is 6.54. The van der Waals surface area contributed by atoms with Crippen LogP contribution >= 0.6 is 0 Å². The van der Waals surface area contributed by atoms with Crippen molar-refractivity contribution in [3.63, 3.8) is 0 Å². The molecule has 0 saturated heterocycles. The number of rotatable bonds is 5. The minimum atomic E-state index is -0.489. The van der Waals surface area contributed by atoms with Crippen LogP contribution in [0.3, 0.4) is 0 Å². The summed E-state index contributed by atoms with van der Waals surface area (Å²) >= 11 is 0. The van der Waals surface area contributed by atoms with Crippen molar-refractivity contribution < 1.29 is 18.9 Å². The Hall–Kier alpha value is -4.20. The fourth-order valence-electron chi connectivity index (χ4n) is 3.14. The zero-order chi connectivity index (χ0) is 21.3. The lowest BCUT2D eigenvalue weighted by Crippen LogP contribution is -2.21. The lowest BCUT2D eigenvalue weighted by molar-refractivity contribution is -0.384. The minimum absolute atomic E-state index is 0.0751. The van der Waals surface area contributed by atoms with E-state index >= 15 is 0 Å². The number of ether oxygens (including phenoxy) is 1. The first-order valence-electron chi connectivity index (χ1n) is 9.07. The first-order chi connectivity index (χ1) is 14.5. The number of hydrogen-bond acceptors (Lipinski definition) is 6. The van der Waals surface area contributed by atoms with Gasteiger partial charge in [-0.25, -0.2) is 0 Å². The highest BCUT2D eigenvalue weighted by molar-refractivity contribution is 6.32. The van der Waals surface area contributed by atoms with Gasteiger partial charge in [0.25, 0.3) is 11.6 Å². The van der Waals surface area contributed by atoms with Gasteiger partial charge in [0.15, 0.2) is 0 Å². The number of hydrogen-bond donors (Lipinski definition) is 0. The summed E-state index contributed by atoms with van der Waals surface area (Å²) in [6, 6.07) is 16.9. The Kier molecular flexibility index (Phi) is 4.89. The van der Waals surface area contributed by atoms with Gasteiger partial charge in [-0.15, -0.1) is 0 Å². The van der Waals surface area contributed by atoms with Crippen LogP contribution in [0.5, 0.6) is 5.75 Å². The van der Waals surface area contributed by atoms with E-state index in [2.05, 4.69) is 5.10 Å². The van der Waals surface area contributed by atoms with Gasteiger partial charge in [0.2, 0.25) is 0 Å². The Bertz CT molecular complexity index is 1190. The summed E-state index contributed by atoms with van der Waals surface area (Å²) < 4.78 is 11.1. The number of benzene rings is 2. The average Bonchev–Trinajstić information content (AvgIpc) is 3.34. The van der Waals surface area contributed by atoms with E-state index in [-0.39, 0.29) is 11.6 Å². The number of para-hydroxylation sites is 1. The maximum atomic E-state index is 12.8. The van der Waals surface area contributed by atoms with E-state index in [0.717, 1.165) is 0 Å². The maximum Gasteiger partial charge on any atom is 0.280 e. The Morgan fingerprint density at radius 2 is 1.90 bits per heavy atom. The molecule has 0 saturated carbocycles. The summed E-state index contributed by atoms with van der Waals surface area (Å²) in [6.45, 7) is 1.76. The molecule has 2 heterocycles. The van der Waals surface area contributed by atoms with Crippen LogP contribution < -0.4 is 9.75 Å². The number of carbonyl (C=O) groups excluding carboxylic acids is 1. The molecule has 0 aliphatic carbocycles. The second-order valence-corrected chi connectivity index (χ2v) is 6.54. The summed E-state index contributed by atoms with van der Waals surface area (Å²) in [4.78, 5) is 23.3. The van der Waals surface area contributed by atoms with Gasteiger partial charge in [0.05, 0.1) is 40.6 Å². The Morgan fingerprint density at radius 1 is 1.13 bits per heavy atom. The Morgan fingerprint density at radius 3 is 2.60 bits per heavy atom. The fraction of sp³-hybridized carbons (Fsp3) is 0.0909. The summed E-state index contributed by atoms with van der Waals surface area (Å²) in [5.74, 6) is 0.999. The molecule has 0 atom stereocenters. The molecule has 0 fully saturated rings. The third-order valence-corrected chi connectivity index (χ3v) is 4.64. The van der Waals surface area contributed by atoms with E-state index in [1.54, 1.807) is 31.2 Å². The molecular weight excluding hydrogens is 386 g/mol. The normalized spacial score (nSPS) is 14.9. The molecule has 0 unspecified atom stereocenters. The lowest BCUT2D eigenvalue weighted by atomic mass is 10.1. The zero-order valence-electron chi connectivity index (χ0n) is 16.2. The molecule has 4 rings (SSSR count). The second kappa shape index (κ2) is 7.67. The van der Waals surface area contributed by atoms with E-state index in [0.29, 0.717) is 39.8 Å². The summed E-state index contributed by atoms with van der Waals surface area (Å²) in [7, 11) is 1.43. The van der Waals surface area contributed by atoms with Crippen LogP contribution in [0.25, 0.3) is 17.4 Å². The molecule has 1 aromatic heterocycles. The van der Waals surface area contributed by atoms with Crippen LogP contribution in [0.15, 0.2) is 75.8 Å². The highest BCUT2D eigenvalue weighted by Gasteiger charge is 2.29. The van der Waals surface area contributed by atoms with Crippen molar-refractivity contribution in [2.45, 2.75) is 6.92 Å². The average molecular weight is 403 g/mol. The number of nitrogens with zero attached hydrogens (tertiary/aromatic N) is 3. The molecule has 30 heavy (non-hydrogen) atoms. The smallest absolute Gasteiger partial charge is 0.280 e. The lowest BCUT2D eigenvalue weighted by Gasteiger charge is -2.10. The number of nitro groups is 1. The molecule has 0 spiro atoms. The van der Waals surface area contributed by atoms with Gasteiger partial charge in [0, 0.05) is 6.07 Å². The third kappa shape index (κ3) is 3.46. The van der Waals surface area contributed by atoms with Crippen molar-refractivity contribution in [2.24, 2.45) is 5.10 Å². The zero-order valence-corrected chi connectivity index (χ0v) is 16.2. The van der Waals surface area contributed by atoms with Crippen LogP contribution in [0.1, 0.15) is 12.7 Å². The van der Waals surface area contributed by atoms with Crippen molar-refractivity contribution in [3.8, 4) is 17.1 Å². The minimum Gasteiger partial charge on any atom is -0.496 e.